The van der Waals surface area contributed by atoms with Gasteiger partial charge >= 0.3 is 0 Å². The van der Waals surface area contributed by atoms with Crippen molar-refractivity contribution in [3.63, 3.8) is 0 Å². The van der Waals surface area contributed by atoms with Crippen molar-refractivity contribution in [3.05, 3.63) is 29.8 Å². The number of para-hydroxylation sites is 1. The van der Waals surface area contributed by atoms with Gasteiger partial charge in [0.25, 0.3) is 0 Å². The van der Waals surface area contributed by atoms with E-state index in [-0.39, 0.29) is 0 Å². The number of unbranched alkanes of at least 4 members (excludes halogenated alkanes) is 2. The van der Waals surface area contributed by atoms with Crippen LogP contribution in [0.5, 0.6) is 5.75 Å². The van der Waals surface area contributed by atoms with Gasteiger partial charge in [-0.15, -0.1) is 0 Å². The summed E-state index contributed by atoms with van der Waals surface area (Å²) in [5.74, 6) is 0.792. The lowest BCUT2D eigenvalue weighted by atomic mass is 10.1. The first-order valence-corrected chi connectivity index (χ1v) is 5.06. The lowest BCUT2D eigenvalue weighted by molar-refractivity contribution is 0.600. The molecule has 0 bridgehead atoms. The van der Waals surface area contributed by atoms with Gasteiger partial charge < -0.3 is 4.29 Å². The van der Waals surface area contributed by atoms with E-state index < -0.39 is 0 Å². The van der Waals surface area contributed by atoms with Crippen LogP contribution in [-0.4, -0.2) is 0 Å². The smallest absolute Gasteiger partial charge is 0.149 e. The Hall–Kier alpha value is -0.690. The number of aryl methyl sites for hydroxylation is 1. The van der Waals surface area contributed by atoms with Crippen LogP contribution in [0.1, 0.15) is 31.7 Å². The average molecular weight is 199 g/mol. The van der Waals surface area contributed by atoms with Crippen LogP contribution in [0.4, 0.5) is 0 Å². The summed E-state index contributed by atoms with van der Waals surface area (Å²) >= 11 is 5.34. The monoisotopic (exact) mass is 198 g/mol. The largest absolute Gasteiger partial charge is 0.385 e. The van der Waals surface area contributed by atoms with Crippen LogP contribution in [0.3, 0.4) is 0 Å². The van der Waals surface area contributed by atoms with Gasteiger partial charge in [-0.3, -0.25) is 0 Å². The molecular weight excluding hydrogens is 184 g/mol. The third-order valence-corrected chi connectivity index (χ3v) is 2.27. The van der Waals surface area contributed by atoms with Gasteiger partial charge in [-0.1, -0.05) is 38.0 Å². The molecule has 1 nitrogen and oxygen atoms in total. The Kier molecular flexibility index (Phi) is 4.69. The fraction of sp³-hybridized carbons (Fsp3) is 0.455. The Bertz CT molecular complexity index is 248. The average Bonchev–Trinajstić information content (AvgIpc) is 2.19. The molecule has 0 amide bonds. The zero-order valence-electron chi connectivity index (χ0n) is 7.92. The molecule has 0 N–H and O–H groups in total. The van der Waals surface area contributed by atoms with Crippen molar-refractivity contribution in [1.82, 2.24) is 0 Å². The maximum atomic E-state index is 5.34. The van der Waals surface area contributed by atoms with Crippen molar-refractivity contribution >= 4 is 11.9 Å². The van der Waals surface area contributed by atoms with Crippen molar-refractivity contribution in [2.24, 2.45) is 0 Å². The summed E-state index contributed by atoms with van der Waals surface area (Å²) in [5, 5.41) is 0. The van der Waals surface area contributed by atoms with Crippen molar-refractivity contribution < 1.29 is 4.29 Å². The van der Waals surface area contributed by atoms with Crippen LogP contribution in [0, 0.1) is 0 Å². The van der Waals surface area contributed by atoms with Gasteiger partial charge in [-0.2, -0.15) is 0 Å². The molecule has 0 saturated carbocycles. The third kappa shape index (κ3) is 3.27. The second-order valence-corrected chi connectivity index (χ2v) is 3.30. The molecule has 0 unspecified atom stereocenters. The Morgan fingerprint density at radius 1 is 1.23 bits per heavy atom. The van der Waals surface area contributed by atoms with Gasteiger partial charge in [-0.25, -0.2) is 0 Å². The zero-order chi connectivity index (χ0) is 9.52. The van der Waals surface area contributed by atoms with E-state index in [0.717, 1.165) is 12.2 Å². The van der Waals surface area contributed by atoms with Crippen LogP contribution >= 0.6 is 11.9 Å². The third-order valence-electron chi connectivity index (χ3n) is 2.11. The number of hydrogen-bond donors (Lipinski definition) is 0. The predicted octanol–water partition coefficient (Wildman–Crippen LogP) is 3.95. The van der Waals surface area contributed by atoms with E-state index >= 15 is 0 Å². The highest BCUT2D eigenvalue weighted by molar-refractivity contribution is 6.09. The van der Waals surface area contributed by atoms with Crippen molar-refractivity contribution in [1.29, 1.82) is 0 Å². The molecule has 1 aromatic carbocycles. The maximum absolute atomic E-state index is 5.34. The van der Waals surface area contributed by atoms with Gasteiger partial charge in [0.05, 0.1) is 0 Å². The van der Waals surface area contributed by atoms with Crippen LogP contribution in [0.25, 0.3) is 0 Å². The number of rotatable bonds is 5. The van der Waals surface area contributed by atoms with Crippen molar-refractivity contribution in [2.45, 2.75) is 32.6 Å². The van der Waals surface area contributed by atoms with Gasteiger partial charge in [-0.05, 0) is 24.5 Å². The van der Waals surface area contributed by atoms with E-state index in [1.807, 2.05) is 18.2 Å². The van der Waals surface area contributed by atoms with Gasteiger partial charge in [0, 0.05) is 0 Å². The second kappa shape index (κ2) is 5.87. The minimum absolute atomic E-state index is 0.792. The predicted molar refractivity (Wildman–Crippen MR) is 56.2 cm³/mol. The lowest BCUT2D eigenvalue weighted by Crippen LogP contribution is -1.88. The minimum atomic E-state index is 0.792. The first-order chi connectivity index (χ1) is 6.38. The number of hydrogen-bond acceptors (Lipinski definition) is 1. The van der Waals surface area contributed by atoms with Crippen LogP contribution in [-0.2, 0) is 6.42 Å². The van der Waals surface area contributed by atoms with Gasteiger partial charge in [0.2, 0.25) is 0 Å². The summed E-state index contributed by atoms with van der Waals surface area (Å²) in [7, 11) is 0. The quantitative estimate of drug-likeness (QED) is 0.651. The van der Waals surface area contributed by atoms with Crippen molar-refractivity contribution in [3.8, 4) is 5.75 Å². The topological polar surface area (TPSA) is 9.23 Å². The molecular formula is C11H15ClO. The van der Waals surface area contributed by atoms with Crippen LogP contribution < -0.4 is 4.29 Å². The molecule has 72 valence electrons. The van der Waals surface area contributed by atoms with Gasteiger partial charge in [0.15, 0.2) is 0 Å². The molecule has 1 aromatic rings. The van der Waals surface area contributed by atoms with E-state index in [4.69, 9.17) is 16.2 Å². The molecule has 0 radical (unpaired) electrons. The minimum Gasteiger partial charge on any atom is -0.385 e. The number of benzene rings is 1. The summed E-state index contributed by atoms with van der Waals surface area (Å²) in [5.41, 5.74) is 1.20. The highest BCUT2D eigenvalue weighted by Crippen LogP contribution is 2.21. The summed E-state index contributed by atoms with van der Waals surface area (Å²) in [4.78, 5) is 0. The maximum Gasteiger partial charge on any atom is 0.149 e. The molecule has 0 heterocycles. The van der Waals surface area contributed by atoms with E-state index in [2.05, 4.69) is 13.0 Å². The molecule has 1 rings (SSSR count). The fourth-order valence-corrected chi connectivity index (χ4v) is 1.50. The summed E-state index contributed by atoms with van der Waals surface area (Å²) in [6.45, 7) is 2.20. The SMILES string of the molecule is CCCCCc1ccccc1OCl. The molecule has 0 spiro atoms. The first kappa shape index (κ1) is 10.4. The molecule has 0 saturated heterocycles. The summed E-state index contributed by atoms with van der Waals surface area (Å²) in [6.07, 6.45) is 4.75. The van der Waals surface area contributed by atoms with Gasteiger partial charge in [0.1, 0.15) is 17.6 Å². The fourth-order valence-electron chi connectivity index (χ4n) is 1.35. The second-order valence-electron chi connectivity index (χ2n) is 3.14. The Morgan fingerprint density at radius 2 is 2.00 bits per heavy atom. The molecule has 0 aliphatic carbocycles. The van der Waals surface area contributed by atoms with E-state index in [1.165, 1.54) is 24.8 Å². The normalized spacial score (nSPS) is 10.0. The Labute approximate surface area is 84.8 Å². The summed E-state index contributed by atoms with van der Waals surface area (Å²) < 4.78 is 4.75. The van der Waals surface area contributed by atoms with Crippen LogP contribution in [0.2, 0.25) is 0 Å². The number of halogens is 1. The summed E-state index contributed by atoms with van der Waals surface area (Å²) in [6, 6.07) is 7.91. The zero-order valence-corrected chi connectivity index (χ0v) is 8.68. The van der Waals surface area contributed by atoms with E-state index in [1.54, 1.807) is 0 Å². The standard InChI is InChI=1S/C11H15ClO/c1-2-3-4-7-10-8-5-6-9-11(10)13-12/h5-6,8-9H,2-4,7H2,1H3. The molecule has 0 aliphatic rings. The Balaban J connectivity index is 2.54. The van der Waals surface area contributed by atoms with Crippen molar-refractivity contribution in [2.75, 3.05) is 0 Å². The Morgan fingerprint density at radius 3 is 2.69 bits per heavy atom. The van der Waals surface area contributed by atoms with Crippen LogP contribution in [0.15, 0.2) is 24.3 Å². The molecule has 0 atom stereocenters. The first-order valence-electron chi connectivity index (χ1n) is 4.75. The lowest BCUT2D eigenvalue weighted by Gasteiger charge is -2.04. The van der Waals surface area contributed by atoms with E-state index in [0.29, 0.717) is 0 Å². The molecule has 13 heavy (non-hydrogen) atoms. The highest BCUT2D eigenvalue weighted by atomic mass is 35.5. The molecule has 2 heteroatoms. The molecule has 0 fully saturated rings. The molecule has 0 aromatic heterocycles. The highest BCUT2D eigenvalue weighted by Gasteiger charge is 2.01. The van der Waals surface area contributed by atoms with E-state index in [9.17, 15) is 0 Å². The molecule has 0 aliphatic heterocycles.